The first-order valence-corrected chi connectivity index (χ1v) is 6.79. The molecule has 0 bridgehead atoms. The molecule has 2 heteroatoms. The molecule has 0 saturated heterocycles. The van der Waals surface area contributed by atoms with Gasteiger partial charge in [0.25, 0.3) is 0 Å². The predicted molar refractivity (Wildman–Crippen MR) is 64.3 cm³/mol. The second-order valence-electron chi connectivity index (χ2n) is 6.01. The first kappa shape index (κ1) is 12.1. The summed E-state index contributed by atoms with van der Waals surface area (Å²) in [5.41, 5.74) is 0. The Kier molecular flexibility index (Phi) is 4.01. The zero-order chi connectivity index (χ0) is 11.5. The van der Waals surface area contributed by atoms with Crippen LogP contribution < -0.4 is 0 Å². The Balaban J connectivity index is 1.76. The average molecular weight is 224 g/mol. The molecular formula is C14H24O2. The lowest BCUT2D eigenvalue weighted by molar-refractivity contribution is -0.132. The lowest BCUT2D eigenvalue weighted by atomic mass is 10.00. The number of rotatable bonds is 8. The number of hydrogen-bond donors (Lipinski definition) is 0. The Bertz CT molecular complexity index is 239. The van der Waals surface area contributed by atoms with E-state index in [0.29, 0.717) is 18.1 Å². The van der Waals surface area contributed by atoms with Crippen LogP contribution in [0.3, 0.4) is 0 Å². The smallest absolute Gasteiger partial charge is 0.161 e. The Hall–Kier alpha value is -0.370. The molecule has 0 radical (unpaired) electrons. The highest BCUT2D eigenvalue weighted by atomic mass is 16.5. The molecule has 0 heterocycles. The Morgan fingerprint density at radius 2 is 1.81 bits per heavy atom. The van der Waals surface area contributed by atoms with Gasteiger partial charge in [0.05, 0.1) is 6.61 Å². The van der Waals surface area contributed by atoms with Gasteiger partial charge in [-0.05, 0) is 37.0 Å². The molecule has 16 heavy (non-hydrogen) atoms. The molecule has 2 saturated carbocycles. The summed E-state index contributed by atoms with van der Waals surface area (Å²) in [5.74, 6) is 2.33. The molecule has 2 nitrogen and oxygen atoms in total. The summed E-state index contributed by atoms with van der Waals surface area (Å²) in [6, 6.07) is 0. The van der Waals surface area contributed by atoms with Crippen LogP contribution in [0.4, 0.5) is 0 Å². The molecule has 1 atom stereocenters. The maximum atomic E-state index is 12.0. The molecular weight excluding hydrogens is 200 g/mol. The van der Waals surface area contributed by atoms with Crippen molar-refractivity contribution in [1.29, 1.82) is 0 Å². The molecule has 2 aliphatic rings. The first-order valence-electron chi connectivity index (χ1n) is 6.79. The van der Waals surface area contributed by atoms with E-state index in [9.17, 15) is 4.79 Å². The number of Topliss-reactive ketones (excluding diaryl/α,β-unsaturated/α-hetero) is 1. The van der Waals surface area contributed by atoms with Crippen LogP contribution in [-0.4, -0.2) is 18.5 Å². The van der Waals surface area contributed by atoms with Gasteiger partial charge < -0.3 is 4.74 Å². The summed E-state index contributed by atoms with van der Waals surface area (Å²) in [5, 5.41) is 0. The van der Waals surface area contributed by atoms with E-state index in [1.807, 2.05) is 0 Å². The highest BCUT2D eigenvalue weighted by molar-refractivity contribution is 5.83. The number of ketones is 1. The van der Waals surface area contributed by atoms with Gasteiger partial charge >= 0.3 is 0 Å². The van der Waals surface area contributed by atoms with Crippen LogP contribution in [0.1, 0.15) is 52.4 Å². The monoisotopic (exact) mass is 224 g/mol. The lowest BCUT2D eigenvalue weighted by Gasteiger charge is -2.17. The SMILES string of the molecule is CC(C)CC(=O)C(CC1CC1)OCC1CC1. The molecule has 0 spiro atoms. The van der Waals surface area contributed by atoms with Crippen LogP contribution in [0.5, 0.6) is 0 Å². The van der Waals surface area contributed by atoms with Crippen molar-refractivity contribution < 1.29 is 9.53 Å². The molecule has 0 N–H and O–H groups in total. The van der Waals surface area contributed by atoms with Crippen molar-refractivity contribution in [1.82, 2.24) is 0 Å². The van der Waals surface area contributed by atoms with Crippen LogP contribution in [0.25, 0.3) is 0 Å². The van der Waals surface area contributed by atoms with Crippen molar-refractivity contribution in [3.05, 3.63) is 0 Å². The van der Waals surface area contributed by atoms with E-state index in [-0.39, 0.29) is 6.10 Å². The normalized spacial score (nSPS) is 22.4. The summed E-state index contributed by atoms with van der Waals surface area (Å²) < 4.78 is 5.83. The fourth-order valence-corrected chi connectivity index (χ4v) is 2.02. The van der Waals surface area contributed by atoms with E-state index >= 15 is 0 Å². The van der Waals surface area contributed by atoms with E-state index in [1.54, 1.807) is 0 Å². The second-order valence-corrected chi connectivity index (χ2v) is 6.01. The highest BCUT2D eigenvalue weighted by Crippen LogP contribution is 2.36. The van der Waals surface area contributed by atoms with E-state index in [0.717, 1.165) is 24.9 Å². The molecule has 2 fully saturated rings. The van der Waals surface area contributed by atoms with Gasteiger partial charge in [-0.2, -0.15) is 0 Å². The van der Waals surface area contributed by atoms with Crippen LogP contribution in [0.2, 0.25) is 0 Å². The summed E-state index contributed by atoms with van der Waals surface area (Å²) in [6.45, 7) is 5.03. The molecule has 2 rings (SSSR count). The zero-order valence-corrected chi connectivity index (χ0v) is 10.6. The maximum Gasteiger partial charge on any atom is 0.161 e. The zero-order valence-electron chi connectivity index (χ0n) is 10.6. The number of ether oxygens (including phenoxy) is 1. The quantitative estimate of drug-likeness (QED) is 0.633. The molecule has 2 aliphatic carbocycles. The third kappa shape index (κ3) is 4.25. The minimum Gasteiger partial charge on any atom is -0.370 e. The van der Waals surface area contributed by atoms with Crippen LogP contribution in [0.15, 0.2) is 0 Å². The third-order valence-electron chi connectivity index (χ3n) is 3.44. The van der Waals surface area contributed by atoms with Crippen LogP contribution >= 0.6 is 0 Å². The fourth-order valence-electron chi connectivity index (χ4n) is 2.02. The molecule has 0 amide bonds. The van der Waals surface area contributed by atoms with Crippen LogP contribution in [-0.2, 0) is 9.53 Å². The molecule has 92 valence electrons. The first-order chi connectivity index (χ1) is 7.65. The number of carbonyl (C=O) groups excluding carboxylic acids is 1. The van der Waals surface area contributed by atoms with Gasteiger partial charge in [-0.25, -0.2) is 0 Å². The van der Waals surface area contributed by atoms with Crippen molar-refractivity contribution in [3.8, 4) is 0 Å². The highest BCUT2D eigenvalue weighted by Gasteiger charge is 2.31. The largest absolute Gasteiger partial charge is 0.370 e. The van der Waals surface area contributed by atoms with E-state index in [4.69, 9.17) is 4.74 Å². The van der Waals surface area contributed by atoms with E-state index in [2.05, 4.69) is 13.8 Å². The van der Waals surface area contributed by atoms with Gasteiger partial charge in [0.15, 0.2) is 5.78 Å². The average Bonchev–Trinajstić information content (AvgIpc) is 3.05. The molecule has 0 aromatic heterocycles. The van der Waals surface area contributed by atoms with Gasteiger partial charge in [0, 0.05) is 6.42 Å². The Labute approximate surface area is 98.7 Å². The van der Waals surface area contributed by atoms with Crippen LogP contribution in [0, 0.1) is 17.8 Å². The summed E-state index contributed by atoms with van der Waals surface area (Å²) in [6.07, 6.45) is 6.79. The van der Waals surface area contributed by atoms with Gasteiger partial charge in [0.2, 0.25) is 0 Å². The van der Waals surface area contributed by atoms with Crippen molar-refractivity contribution in [3.63, 3.8) is 0 Å². The molecule has 0 aliphatic heterocycles. The van der Waals surface area contributed by atoms with Gasteiger partial charge in [-0.3, -0.25) is 4.79 Å². The molecule has 0 aromatic rings. The summed E-state index contributed by atoms with van der Waals surface area (Å²) >= 11 is 0. The number of carbonyl (C=O) groups is 1. The van der Waals surface area contributed by atoms with Gasteiger partial charge in [-0.1, -0.05) is 26.7 Å². The van der Waals surface area contributed by atoms with E-state index in [1.165, 1.54) is 25.7 Å². The lowest BCUT2D eigenvalue weighted by Crippen LogP contribution is -2.27. The molecule has 1 unspecified atom stereocenters. The predicted octanol–water partition coefficient (Wildman–Crippen LogP) is 3.20. The van der Waals surface area contributed by atoms with Gasteiger partial charge in [0.1, 0.15) is 6.10 Å². The van der Waals surface area contributed by atoms with E-state index < -0.39 is 0 Å². The topological polar surface area (TPSA) is 26.3 Å². The minimum atomic E-state index is -0.0875. The maximum absolute atomic E-state index is 12.0. The van der Waals surface area contributed by atoms with Crippen molar-refractivity contribution in [2.45, 2.75) is 58.5 Å². The summed E-state index contributed by atoms with van der Waals surface area (Å²) in [4.78, 5) is 12.0. The molecule has 0 aromatic carbocycles. The van der Waals surface area contributed by atoms with Crippen molar-refractivity contribution >= 4 is 5.78 Å². The summed E-state index contributed by atoms with van der Waals surface area (Å²) in [7, 11) is 0. The Morgan fingerprint density at radius 1 is 1.19 bits per heavy atom. The Morgan fingerprint density at radius 3 is 2.31 bits per heavy atom. The van der Waals surface area contributed by atoms with Crippen molar-refractivity contribution in [2.75, 3.05) is 6.61 Å². The van der Waals surface area contributed by atoms with Gasteiger partial charge in [-0.15, -0.1) is 0 Å². The number of hydrogen-bond acceptors (Lipinski definition) is 2. The van der Waals surface area contributed by atoms with Crippen molar-refractivity contribution in [2.24, 2.45) is 17.8 Å². The third-order valence-corrected chi connectivity index (χ3v) is 3.44. The standard InChI is InChI=1S/C14H24O2/c1-10(2)7-13(15)14(8-11-3-4-11)16-9-12-5-6-12/h10-12,14H,3-9H2,1-2H3. The minimum absolute atomic E-state index is 0.0875. The fraction of sp³-hybridized carbons (Fsp3) is 0.929. The second kappa shape index (κ2) is 5.31.